The van der Waals surface area contributed by atoms with Crippen LogP contribution in [0.2, 0.25) is 0 Å². The maximum Gasteiger partial charge on any atom is 0.256 e. The van der Waals surface area contributed by atoms with Crippen LogP contribution in [0.1, 0.15) is 12.0 Å². The maximum absolute atomic E-state index is 13.6. The summed E-state index contributed by atoms with van der Waals surface area (Å²) in [6, 6.07) is 11.0. The predicted molar refractivity (Wildman–Crippen MR) is 89.8 cm³/mol. The first-order valence-electron chi connectivity index (χ1n) is 7.11. The Bertz CT molecular complexity index is 794. The monoisotopic (exact) mass is 376 g/mol. The number of hydrogen-bond acceptors (Lipinski definition) is 3. The van der Waals surface area contributed by atoms with Crippen molar-refractivity contribution in [3.05, 3.63) is 58.3 Å². The summed E-state index contributed by atoms with van der Waals surface area (Å²) in [5.74, 6) is -0.982. The minimum atomic E-state index is -0.697. The predicted octanol–water partition coefficient (Wildman–Crippen LogP) is 3.64. The lowest BCUT2D eigenvalue weighted by Gasteiger charge is -2.17. The van der Waals surface area contributed by atoms with Crippen LogP contribution in [-0.2, 0) is 9.59 Å². The van der Waals surface area contributed by atoms with Crippen molar-refractivity contribution in [3.63, 3.8) is 0 Å². The van der Waals surface area contributed by atoms with Gasteiger partial charge in [-0.1, -0.05) is 18.2 Å². The number of benzene rings is 2. The van der Waals surface area contributed by atoms with Gasteiger partial charge in [0, 0.05) is 10.2 Å². The number of rotatable bonds is 3. The zero-order valence-corrected chi connectivity index (χ0v) is 13.9. The first-order chi connectivity index (χ1) is 11.0. The lowest BCUT2D eigenvalue weighted by atomic mass is 10.2. The molecule has 6 heteroatoms. The van der Waals surface area contributed by atoms with Gasteiger partial charge in [-0.15, -0.1) is 0 Å². The summed E-state index contributed by atoms with van der Waals surface area (Å²) >= 11 is 3.35. The summed E-state index contributed by atoms with van der Waals surface area (Å²) in [6.45, 7) is 1.66. The maximum atomic E-state index is 13.6. The molecule has 1 aliphatic heterocycles. The quantitative estimate of drug-likeness (QED) is 0.831. The van der Waals surface area contributed by atoms with E-state index in [9.17, 15) is 14.0 Å². The molecule has 2 amide bonds. The molecule has 4 nitrogen and oxygen atoms in total. The number of imide groups is 1. The van der Waals surface area contributed by atoms with Crippen LogP contribution in [0.4, 0.5) is 15.8 Å². The average molecular weight is 377 g/mol. The van der Waals surface area contributed by atoms with Gasteiger partial charge in [-0.25, -0.2) is 9.29 Å². The summed E-state index contributed by atoms with van der Waals surface area (Å²) in [5.41, 5.74) is 1.52. The van der Waals surface area contributed by atoms with Gasteiger partial charge in [0.25, 0.3) is 5.91 Å². The standard InChI is InChI=1S/C17H14BrFN2O2/c1-10-6-7-11(8-13(10)19)20-14-9-16(22)21(17(14)23)15-5-3-2-4-12(15)18/h2-8,14,20H,9H2,1H3/t14-/m1/s1. The molecule has 0 aliphatic carbocycles. The molecular formula is C17H14BrFN2O2. The number of para-hydroxylation sites is 1. The fourth-order valence-electron chi connectivity index (χ4n) is 2.51. The Morgan fingerprint density at radius 2 is 1.96 bits per heavy atom. The molecule has 2 aromatic rings. The van der Waals surface area contributed by atoms with Crippen LogP contribution in [0.5, 0.6) is 0 Å². The van der Waals surface area contributed by atoms with E-state index in [1.54, 1.807) is 37.3 Å². The van der Waals surface area contributed by atoms with Gasteiger partial charge in [0.05, 0.1) is 12.1 Å². The molecule has 1 aliphatic rings. The Morgan fingerprint density at radius 3 is 2.65 bits per heavy atom. The van der Waals surface area contributed by atoms with E-state index in [4.69, 9.17) is 0 Å². The summed E-state index contributed by atoms with van der Waals surface area (Å²) in [7, 11) is 0. The molecule has 1 N–H and O–H groups in total. The van der Waals surface area contributed by atoms with E-state index in [2.05, 4.69) is 21.2 Å². The highest BCUT2D eigenvalue weighted by molar-refractivity contribution is 9.10. The molecule has 118 valence electrons. The van der Waals surface area contributed by atoms with Crippen LogP contribution in [0.25, 0.3) is 0 Å². The van der Waals surface area contributed by atoms with E-state index < -0.39 is 6.04 Å². The Hall–Kier alpha value is -2.21. The van der Waals surface area contributed by atoms with Crippen molar-refractivity contribution in [2.75, 3.05) is 10.2 Å². The van der Waals surface area contributed by atoms with Crippen molar-refractivity contribution in [2.24, 2.45) is 0 Å². The Balaban J connectivity index is 1.84. The van der Waals surface area contributed by atoms with Crippen molar-refractivity contribution in [1.29, 1.82) is 0 Å². The van der Waals surface area contributed by atoms with Crippen LogP contribution >= 0.6 is 15.9 Å². The second-order valence-corrected chi connectivity index (χ2v) is 6.24. The number of halogens is 2. The third-order valence-electron chi connectivity index (χ3n) is 3.75. The molecule has 0 saturated carbocycles. The number of aryl methyl sites for hydroxylation is 1. The lowest BCUT2D eigenvalue weighted by Crippen LogP contribution is -2.35. The van der Waals surface area contributed by atoms with Gasteiger partial charge in [-0.2, -0.15) is 0 Å². The zero-order chi connectivity index (χ0) is 16.6. The number of anilines is 2. The van der Waals surface area contributed by atoms with Crippen molar-refractivity contribution >= 4 is 39.1 Å². The molecule has 0 unspecified atom stereocenters. The molecule has 0 spiro atoms. The molecule has 2 aromatic carbocycles. The van der Waals surface area contributed by atoms with Gasteiger partial charge in [0.15, 0.2) is 0 Å². The lowest BCUT2D eigenvalue weighted by molar-refractivity contribution is -0.121. The summed E-state index contributed by atoms with van der Waals surface area (Å²) in [5, 5.41) is 2.94. The first kappa shape index (κ1) is 15.7. The van der Waals surface area contributed by atoms with Gasteiger partial charge in [0.1, 0.15) is 11.9 Å². The molecule has 1 fully saturated rings. The summed E-state index contributed by atoms with van der Waals surface area (Å²) < 4.78 is 14.3. The average Bonchev–Trinajstić information content (AvgIpc) is 2.78. The number of nitrogens with zero attached hydrogens (tertiary/aromatic N) is 1. The summed E-state index contributed by atoms with van der Waals surface area (Å²) in [6.07, 6.45) is 0.0374. The molecule has 1 heterocycles. The summed E-state index contributed by atoms with van der Waals surface area (Å²) in [4.78, 5) is 25.9. The van der Waals surface area contributed by atoms with Gasteiger partial charge in [0.2, 0.25) is 5.91 Å². The van der Waals surface area contributed by atoms with E-state index >= 15 is 0 Å². The largest absolute Gasteiger partial charge is 0.373 e. The van der Waals surface area contributed by atoms with E-state index in [1.807, 2.05) is 6.07 Å². The second kappa shape index (κ2) is 6.12. The van der Waals surface area contributed by atoms with Crippen molar-refractivity contribution < 1.29 is 14.0 Å². The van der Waals surface area contributed by atoms with Crippen molar-refractivity contribution in [1.82, 2.24) is 0 Å². The van der Waals surface area contributed by atoms with E-state index in [1.165, 1.54) is 6.07 Å². The molecule has 0 radical (unpaired) electrons. The van der Waals surface area contributed by atoms with Crippen LogP contribution in [0.3, 0.4) is 0 Å². The van der Waals surface area contributed by atoms with Crippen LogP contribution in [0, 0.1) is 12.7 Å². The van der Waals surface area contributed by atoms with Gasteiger partial charge in [-0.3, -0.25) is 9.59 Å². The van der Waals surface area contributed by atoms with Crippen molar-refractivity contribution in [3.8, 4) is 0 Å². The molecule has 23 heavy (non-hydrogen) atoms. The third-order valence-corrected chi connectivity index (χ3v) is 4.42. The third kappa shape index (κ3) is 2.99. The fourth-order valence-corrected chi connectivity index (χ4v) is 2.98. The molecule has 3 rings (SSSR count). The second-order valence-electron chi connectivity index (χ2n) is 5.38. The van der Waals surface area contributed by atoms with Gasteiger partial charge >= 0.3 is 0 Å². The van der Waals surface area contributed by atoms with E-state index in [0.717, 1.165) is 4.90 Å². The van der Waals surface area contributed by atoms with Crippen LogP contribution < -0.4 is 10.2 Å². The molecule has 1 saturated heterocycles. The molecule has 1 atom stereocenters. The number of hydrogen-bond donors (Lipinski definition) is 1. The molecule has 0 aromatic heterocycles. The minimum Gasteiger partial charge on any atom is -0.373 e. The SMILES string of the molecule is Cc1ccc(N[C@@H]2CC(=O)N(c3ccccc3Br)C2=O)cc1F. The van der Waals surface area contributed by atoms with Gasteiger partial charge < -0.3 is 5.32 Å². The van der Waals surface area contributed by atoms with E-state index in [0.29, 0.717) is 21.4 Å². The number of nitrogens with one attached hydrogen (secondary N) is 1. The highest BCUT2D eigenvalue weighted by Gasteiger charge is 2.40. The number of carbonyl (C=O) groups excluding carboxylic acids is 2. The smallest absolute Gasteiger partial charge is 0.256 e. The Labute approximate surface area is 141 Å². The highest BCUT2D eigenvalue weighted by atomic mass is 79.9. The number of carbonyl (C=O) groups is 2. The minimum absolute atomic E-state index is 0.0374. The molecular weight excluding hydrogens is 363 g/mol. The van der Waals surface area contributed by atoms with E-state index in [-0.39, 0.29) is 24.1 Å². The fraction of sp³-hybridized carbons (Fsp3) is 0.176. The molecule has 0 bridgehead atoms. The van der Waals surface area contributed by atoms with Gasteiger partial charge in [-0.05, 0) is 52.7 Å². The number of amides is 2. The highest BCUT2D eigenvalue weighted by Crippen LogP contribution is 2.31. The van der Waals surface area contributed by atoms with Crippen molar-refractivity contribution in [2.45, 2.75) is 19.4 Å². The Kier molecular flexibility index (Phi) is 4.17. The Morgan fingerprint density at radius 1 is 1.22 bits per heavy atom. The topological polar surface area (TPSA) is 49.4 Å². The first-order valence-corrected chi connectivity index (χ1v) is 7.90. The normalized spacial score (nSPS) is 17.7. The van der Waals surface area contributed by atoms with Crippen LogP contribution in [0.15, 0.2) is 46.9 Å². The van der Waals surface area contributed by atoms with Crippen LogP contribution in [-0.4, -0.2) is 17.9 Å². The zero-order valence-electron chi connectivity index (χ0n) is 12.3.